The van der Waals surface area contributed by atoms with Crippen LogP contribution in [0.25, 0.3) is 0 Å². The fourth-order valence-corrected chi connectivity index (χ4v) is 2.92. The molecule has 0 radical (unpaired) electrons. The number of carboxylic acids is 1. The van der Waals surface area contributed by atoms with Gasteiger partial charge in [-0.05, 0) is 25.0 Å². The van der Waals surface area contributed by atoms with Gasteiger partial charge < -0.3 is 9.84 Å². The van der Waals surface area contributed by atoms with E-state index in [4.69, 9.17) is 9.84 Å². The van der Waals surface area contributed by atoms with Crippen molar-refractivity contribution in [2.75, 3.05) is 13.7 Å². The molecule has 7 heteroatoms. The van der Waals surface area contributed by atoms with Crippen molar-refractivity contribution >= 4 is 16.0 Å². The minimum atomic E-state index is -3.52. The third-order valence-electron chi connectivity index (χ3n) is 2.96. The molecule has 0 amide bonds. The minimum absolute atomic E-state index is 0.162. The summed E-state index contributed by atoms with van der Waals surface area (Å²) in [6.45, 7) is 0.340. The van der Waals surface area contributed by atoms with Crippen molar-refractivity contribution in [2.45, 2.75) is 37.0 Å². The molecule has 6 nitrogen and oxygen atoms in total. The summed E-state index contributed by atoms with van der Waals surface area (Å²) in [6.07, 6.45) is 3.05. The SMILES string of the molecule is COc1cccc(S(=O)(=O)NCCCCCCC(=O)O)c1. The molecular formula is C14H21NO5S. The number of ether oxygens (including phenoxy) is 1. The van der Waals surface area contributed by atoms with Crippen molar-refractivity contribution in [1.29, 1.82) is 0 Å². The molecule has 118 valence electrons. The third kappa shape index (κ3) is 6.59. The molecule has 0 aliphatic rings. The number of hydrogen-bond donors (Lipinski definition) is 2. The molecule has 0 saturated carbocycles. The highest BCUT2D eigenvalue weighted by Crippen LogP contribution is 2.16. The molecule has 1 aromatic carbocycles. The van der Waals surface area contributed by atoms with Gasteiger partial charge in [-0.2, -0.15) is 0 Å². The monoisotopic (exact) mass is 315 g/mol. The minimum Gasteiger partial charge on any atom is -0.497 e. The Hall–Kier alpha value is -1.60. The highest BCUT2D eigenvalue weighted by molar-refractivity contribution is 7.89. The van der Waals surface area contributed by atoms with Crippen LogP contribution in [-0.2, 0) is 14.8 Å². The third-order valence-corrected chi connectivity index (χ3v) is 4.42. The van der Waals surface area contributed by atoms with E-state index in [1.54, 1.807) is 12.1 Å². The van der Waals surface area contributed by atoms with Crippen molar-refractivity contribution < 1.29 is 23.1 Å². The summed E-state index contributed by atoms with van der Waals surface area (Å²) in [4.78, 5) is 10.5. The molecule has 0 spiro atoms. The standard InChI is InChI=1S/C14H21NO5S/c1-20-12-7-6-8-13(11-12)21(18,19)15-10-5-3-2-4-9-14(16)17/h6-8,11,15H,2-5,9-10H2,1H3,(H,16,17). The summed E-state index contributed by atoms with van der Waals surface area (Å²) in [5, 5.41) is 8.49. The molecule has 2 N–H and O–H groups in total. The molecule has 0 atom stereocenters. The molecule has 0 fully saturated rings. The van der Waals surface area contributed by atoms with E-state index in [0.717, 1.165) is 12.8 Å². The van der Waals surface area contributed by atoms with Gasteiger partial charge in [0.1, 0.15) is 5.75 Å². The summed E-state index contributed by atoms with van der Waals surface area (Å²) in [5.41, 5.74) is 0. The molecule has 0 heterocycles. The van der Waals surface area contributed by atoms with E-state index in [0.29, 0.717) is 25.1 Å². The number of methoxy groups -OCH3 is 1. The topological polar surface area (TPSA) is 92.7 Å². The van der Waals surface area contributed by atoms with Crippen LogP contribution in [0.1, 0.15) is 32.1 Å². The lowest BCUT2D eigenvalue weighted by Gasteiger charge is -2.08. The Balaban J connectivity index is 2.34. The van der Waals surface area contributed by atoms with Crippen molar-refractivity contribution in [3.8, 4) is 5.75 Å². The molecule has 0 aliphatic carbocycles. The van der Waals surface area contributed by atoms with Crippen LogP contribution in [0.15, 0.2) is 29.2 Å². The highest BCUT2D eigenvalue weighted by Gasteiger charge is 2.13. The van der Waals surface area contributed by atoms with Crippen molar-refractivity contribution in [1.82, 2.24) is 4.72 Å². The average molecular weight is 315 g/mol. The van der Waals surface area contributed by atoms with Gasteiger partial charge in [-0.1, -0.05) is 18.9 Å². The second-order valence-corrected chi connectivity index (χ2v) is 6.40. The lowest BCUT2D eigenvalue weighted by atomic mass is 10.1. The van der Waals surface area contributed by atoms with Crippen LogP contribution in [0.5, 0.6) is 5.75 Å². The van der Waals surface area contributed by atoms with E-state index in [1.807, 2.05) is 0 Å². The molecule has 1 aromatic rings. The van der Waals surface area contributed by atoms with E-state index in [2.05, 4.69) is 4.72 Å². The van der Waals surface area contributed by atoms with Crippen LogP contribution in [0.4, 0.5) is 0 Å². The summed E-state index contributed by atoms with van der Waals surface area (Å²) < 4.78 is 31.6. The van der Waals surface area contributed by atoms with Crippen LogP contribution < -0.4 is 9.46 Å². The number of carboxylic acid groups (broad SMARTS) is 1. The van der Waals surface area contributed by atoms with Gasteiger partial charge in [0.15, 0.2) is 0 Å². The number of unbranched alkanes of at least 4 members (excludes halogenated alkanes) is 3. The average Bonchev–Trinajstić information content (AvgIpc) is 2.46. The first-order valence-corrected chi connectivity index (χ1v) is 8.29. The zero-order valence-electron chi connectivity index (χ0n) is 12.0. The molecule has 0 bridgehead atoms. The number of nitrogens with one attached hydrogen (secondary N) is 1. The number of aliphatic carboxylic acids is 1. The number of hydrogen-bond acceptors (Lipinski definition) is 4. The maximum absolute atomic E-state index is 12.0. The zero-order valence-corrected chi connectivity index (χ0v) is 12.9. The van der Waals surface area contributed by atoms with Gasteiger partial charge in [0, 0.05) is 19.0 Å². The molecule has 0 unspecified atom stereocenters. The first-order valence-electron chi connectivity index (χ1n) is 6.81. The van der Waals surface area contributed by atoms with Gasteiger partial charge in [0.25, 0.3) is 0 Å². The van der Waals surface area contributed by atoms with Crippen molar-refractivity contribution in [3.05, 3.63) is 24.3 Å². The lowest BCUT2D eigenvalue weighted by Crippen LogP contribution is -2.24. The first kappa shape index (κ1) is 17.5. The van der Waals surface area contributed by atoms with Crippen molar-refractivity contribution in [3.63, 3.8) is 0 Å². The number of carbonyl (C=O) groups is 1. The van der Waals surface area contributed by atoms with E-state index in [1.165, 1.54) is 19.2 Å². The van der Waals surface area contributed by atoms with Crippen molar-refractivity contribution in [2.24, 2.45) is 0 Å². The molecule has 0 saturated heterocycles. The quantitative estimate of drug-likeness (QED) is 0.644. The van der Waals surface area contributed by atoms with Crippen LogP contribution in [0.2, 0.25) is 0 Å². The van der Waals surface area contributed by atoms with Gasteiger partial charge in [0.2, 0.25) is 10.0 Å². The largest absolute Gasteiger partial charge is 0.497 e. The lowest BCUT2D eigenvalue weighted by molar-refractivity contribution is -0.137. The fourth-order valence-electron chi connectivity index (χ4n) is 1.81. The number of rotatable bonds is 10. The van der Waals surface area contributed by atoms with E-state index in [9.17, 15) is 13.2 Å². The number of sulfonamides is 1. The highest BCUT2D eigenvalue weighted by atomic mass is 32.2. The smallest absolute Gasteiger partial charge is 0.303 e. The van der Waals surface area contributed by atoms with Crippen LogP contribution in [0.3, 0.4) is 0 Å². The Morgan fingerprint density at radius 3 is 2.62 bits per heavy atom. The second kappa shape index (κ2) is 8.63. The molecule has 1 rings (SSSR count). The van der Waals surface area contributed by atoms with Crippen LogP contribution >= 0.6 is 0 Å². The predicted octanol–water partition coefficient (Wildman–Crippen LogP) is 2.01. The van der Waals surface area contributed by atoms with E-state index < -0.39 is 16.0 Å². The van der Waals surface area contributed by atoms with E-state index >= 15 is 0 Å². The Kier molecular flexibility index (Phi) is 7.18. The van der Waals surface area contributed by atoms with Gasteiger partial charge in [-0.15, -0.1) is 0 Å². The number of benzene rings is 1. The summed E-state index contributed by atoms with van der Waals surface area (Å²) in [7, 11) is -2.04. The van der Waals surface area contributed by atoms with Crippen LogP contribution in [-0.4, -0.2) is 33.1 Å². The van der Waals surface area contributed by atoms with Gasteiger partial charge in [-0.25, -0.2) is 13.1 Å². The van der Waals surface area contributed by atoms with E-state index in [-0.39, 0.29) is 11.3 Å². The Labute approximate surface area is 125 Å². The van der Waals surface area contributed by atoms with Gasteiger partial charge >= 0.3 is 5.97 Å². The Bertz CT molecular complexity index is 556. The zero-order chi connectivity index (χ0) is 15.7. The first-order chi connectivity index (χ1) is 9.95. The Morgan fingerprint density at radius 2 is 1.95 bits per heavy atom. The van der Waals surface area contributed by atoms with Gasteiger partial charge in [-0.3, -0.25) is 4.79 Å². The summed E-state index contributed by atoms with van der Waals surface area (Å²) >= 11 is 0. The predicted molar refractivity (Wildman–Crippen MR) is 78.9 cm³/mol. The molecule has 21 heavy (non-hydrogen) atoms. The molecular weight excluding hydrogens is 294 g/mol. The van der Waals surface area contributed by atoms with Crippen LogP contribution in [0, 0.1) is 0 Å². The summed E-state index contributed by atoms with van der Waals surface area (Å²) in [5.74, 6) is -0.305. The normalized spacial score (nSPS) is 11.3. The fraction of sp³-hybridized carbons (Fsp3) is 0.500. The summed E-state index contributed by atoms with van der Waals surface area (Å²) in [6, 6.07) is 6.29. The maximum Gasteiger partial charge on any atom is 0.303 e. The maximum atomic E-state index is 12.0. The second-order valence-electron chi connectivity index (χ2n) is 4.63. The Morgan fingerprint density at radius 1 is 1.24 bits per heavy atom. The molecule has 0 aromatic heterocycles. The van der Waals surface area contributed by atoms with Gasteiger partial charge in [0.05, 0.1) is 12.0 Å². The molecule has 0 aliphatic heterocycles.